The lowest BCUT2D eigenvalue weighted by Gasteiger charge is -2.41. The van der Waals surface area contributed by atoms with E-state index in [9.17, 15) is 0 Å². The van der Waals surface area contributed by atoms with E-state index in [0.29, 0.717) is 0 Å². The molecule has 0 aromatic rings. The van der Waals surface area contributed by atoms with E-state index < -0.39 is 0 Å². The molecule has 0 radical (unpaired) electrons. The van der Waals surface area contributed by atoms with Gasteiger partial charge in [0.1, 0.15) is 0 Å². The fourth-order valence-electron chi connectivity index (χ4n) is 6.19. The van der Waals surface area contributed by atoms with Crippen LogP contribution in [0.15, 0.2) is 0 Å². The monoisotopic (exact) mass is 190 g/mol. The molecule has 0 spiro atoms. The lowest BCUT2D eigenvalue weighted by atomic mass is 9.64. The number of fused-ring (bicyclic) bond motifs is 9. The Bertz CT molecular complexity index is 243. The van der Waals surface area contributed by atoms with Crippen molar-refractivity contribution in [2.75, 3.05) is 0 Å². The van der Waals surface area contributed by atoms with E-state index in [1.165, 1.54) is 23.7 Å². The highest BCUT2D eigenvalue weighted by molar-refractivity contribution is 5.11. The molecule has 4 aliphatic carbocycles. The minimum absolute atomic E-state index is 1.06. The first kappa shape index (κ1) is 8.19. The molecule has 4 bridgehead atoms. The zero-order valence-electron chi connectivity index (χ0n) is 9.45. The van der Waals surface area contributed by atoms with E-state index in [-0.39, 0.29) is 0 Å². The van der Waals surface area contributed by atoms with Crippen LogP contribution in [0.25, 0.3) is 0 Å². The Morgan fingerprint density at radius 3 is 1.71 bits per heavy atom. The highest BCUT2D eigenvalue weighted by Crippen LogP contribution is 2.70. The predicted molar refractivity (Wildman–Crippen MR) is 57.7 cm³/mol. The standard InChI is InChI=1S/C14H22/c1-7-8(2)12-6-11(7)13-9-3-4-10(5-9)14(12)13/h7-14H,3-6H2,1-2H3. The van der Waals surface area contributed by atoms with E-state index in [0.717, 1.165) is 23.7 Å². The van der Waals surface area contributed by atoms with Crippen LogP contribution in [-0.4, -0.2) is 0 Å². The molecule has 0 heterocycles. The summed E-state index contributed by atoms with van der Waals surface area (Å²) in [5, 5.41) is 0. The molecule has 4 rings (SSSR count). The van der Waals surface area contributed by atoms with Gasteiger partial charge in [-0.3, -0.25) is 0 Å². The molecule has 0 aromatic carbocycles. The summed E-state index contributed by atoms with van der Waals surface area (Å²) in [6.45, 7) is 5.08. The topological polar surface area (TPSA) is 0 Å². The number of hydrogen-bond acceptors (Lipinski definition) is 0. The molecule has 0 amide bonds. The van der Waals surface area contributed by atoms with Crippen molar-refractivity contribution in [1.82, 2.24) is 0 Å². The Hall–Kier alpha value is 0. The van der Waals surface area contributed by atoms with Crippen molar-refractivity contribution in [3.8, 4) is 0 Å². The van der Waals surface area contributed by atoms with Crippen LogP contribution >= 0.6 is 0 Å². The quantitative estimate of drug-likeness (QED) is 0.512. The van der Waals surface area contributed by atoms with Crippen LogP contribution in [0.4, 0.5) is 0 Å². The first-order valence-electron chi connectivity index (χ1n) is 6.77. The maximum Gasteiger partial charge on any atom is -0.0321 e. The molecular formula is C14H22. The molecule has 8 unspecified atom stereocenters. The zero-order chi connectivity index (χ0) is 9.45. The van der Waals surface area contributed by atoms with E-state index in [1.807, 2.05) is 0 Å². The lowest BCUT2D eigenvalue weighted by molar-refractivity contribution is 0.0716. The van der Waals surface area contributed by atoms with Crippen LogP contribution in [0.2, 0.25) is 0 Å². The number of hydrogen-bond donors (Lipinski definition) is 0. The van der Waals surface area contributed by atoms with E-state index in [4.69, 9.17) is 0 Å². The molecule has 0 aliphatic heterocycles. The summed E-state index contributed by atoms with van der Waals surface area (Å²) in [7, 11) is 0. The lowest BCUT2D eigenvalue weighted by Crippen LogP contribution is -2.35. The Balaban J connectivity index is 1.74. The smallest absolute Gasteiger partial charge is 0.0321 e. The second-order valence-electron chi connectivity index (χ2n) is 6.77. The van der Waals surface area contributed by atoms with Gasteiger partial charge in [0.05, 0.1) is 0 Å². The van der Waals surface area contributed by atoms with Crippen LogP contribution in [0.1, 0.15) is 39.5 Å². The minimum Gasteiger partial charge on any atom is -0.0620 e. The van der Waals surface area contributed by atoms with Crippen molar-refractivity contribution in [3.05, 3.63) is 0 Å². The van der Waals surface area contributed by atoms with Crippen LogP contribution in [-0.2, 0) is 0 Å². The van der Waals surface area contributed by atoms with E-state index in [1.54, 1.807) is 25.7 Å². The molecule has 0 saturated heterocycles. The fourth-order valence-corrected chi connectivity index (χ4v) is 6.19. The van der Waals surface area contributed by atoms with Crippen LogP contribution < -0.4 is 0 Å². The van der Waals surface area contributed by atoms with Gasteiger partial charge in [0.15, 0.2) is 0 Å². The Labute approximate surface area is 87.5 Å². The largest absolute Gasteiger partial charge is 0.0620 e. The molecule has 78 valence electrons. The Kier molecular flexibility index (Phi) is 1.40. The first-order valence-corrected chi connectivity index (χ1v) is 6.77. The zero-order valence-corrected chi connectivity index (χ0v) is 9.45. The summed E-state index contributed by atoms with van der Waals surface area (Å²) in [6, 6.07) is 0. The number of rotatable bonds is 0. The second kappa shape index (κ2) is 2.39. The molecule has 14 heavy (non-hydrogen) atoms. The van der Waals surface area contributed by atoms with E-state index in [2.05, 4.69) is 13.8 Å². The van der Waals surface area contributed by atoms with Gasteiger partial charge in [-0.25, -0.2) is 0 Å². The minimum atomic E-state index is 1.06. The molecule has 4 aliphatic rings. The van der Waals surface area contributed by atoms with E-state index >= 15 is 0 Å². The SMILES string of the molecule is CC1C(C)C2CC1C1C3CCC(C3)C21. The van der Waals surface area contributed by atoms with Crippen LogP contribution in [0, 0.1) is 47.3 Å². The van der Waals surface area contributed by atoms with Crippen molar-refractivity contribution >= 4 is 0 Å². The Morgan fingerprint density at radius 1 is 0.714 bits per heavy atom. The second-order valence-corrected chi connectivity index (χ2v) is 6.77. The van der Waals surface area contributed by atoms with Crippen molar-refractivity contribution in [3.63, 3.8) is 0 Å². The molecule has 0 nitrogen and oxygen atoms in total. The maximum atomic E-state index is 2.54. The summed E-state index contributed by atoms with van der Waals surface area (Å²) >= 11 is 0. The van der Waals surface area contributed by atoms with Crippen molar-refractivity contribution in [1.29, 1.82) is 0 Å². The molecule has 8 atom stereocenters. The summed E-state index contributed by atoms with van der Waals surface area (Å²) < 4.78 is 0. The van der Waals surface area contributed by atoms with Gasteiger partial charge in [0, 0.05) is 0 Å². The maximum absolute atomic E-state index is 2.54. The third kappa shape index (κ3) is 0.717. The fraction of sp³-hybridized carbons (Fsp3) is 1.00. The average molecular weight is 190 g/mol. The Morgan fingerprint density at radius 2 is 1.21 bits per heavy atom. The van der Waals surface area contributed by atoms with Gasteiger partial charge in [-0.05, 0) is 73.0 Å². The van der Waals surface area contributed by atoms with Crippen LogP contribution in [0.5, 0.6) is 0 Å². The van der Waals surface area contributed by atoms with Crippen molar-refractivity contribution < 1.29 is 0 Å². The molecule has 0 heteroatoms. The van der Waals surface area contributed by atoms with Gasteiger partial charge in [0.2, 0.25) is 0 Å². The third-order valence-electron chi connectivity index (χ3n) is 6.76. The van der Waals surface area contributed by atoms with Crippen LogP contribution in [0.3, 0.4) is 0 Å². The van der Waals surface area contributed by atoms with Gasteiger partial charge in [0.25, 0.3) is 0 Å². The molecular weight excluding hydrogens is 168 g/mol. The van der Waals surface area contributed by atoms with Crippen molar-refractivity contribution in [2.45, 2.75) is 39.5 Å². The van der Waals surface area contributed by atoms with Gasteiger partial charge in [-0.15, -0.1) is 0 Å². The van der Waals surface area contributed by atoms with Gasteiger partial charge in [-0.2, -0.15) is 0 Å². The average Bonchev–Trinajstić information content (AvgIpc) is 2.87. The molecule has 0 aromatic heterocycles. The highest BCUT2D eigenvalue weighted by Gasteiger charge is 2.63. The van der Waals surface area contributed by atoms with Crippen molar-refractivity contribution in [2.24, 2.45) is 47.3 Å². The first-order chi connectivity index (χ1) is 6.77. The third-order valence-corrected chi connectivity index (χ3v) is 6.76. The summed E-state index contributed by atoms with van der Waals surface area (Å²) in [5.74, 6) is 9.16. The summed E-state index contributed by atoms with van der Waals surface area (Å²) in [5.41, 5.74) is 0. The molecule has 4 fully saturated rings. The molecule has 0 N–H and O–H groups in total. The summed E-state index contributed by atoms with van der Waals surface area (Å²) in [6.07, 6.45) is 6.43. The predicted octanol–water partition coefficient (Wildman–Crippen LogP) is 3.57. The normalized spacial score (nSPS) is 69.0. The highest BCUT2D eigenvalue weighted by atomic mass is 14.7. The molecule has 4 saturated carbocycles. The van der Waals surface area contributed by atoms with Gasteiger partial charge < -0.3 is 0 Å². The summed E-state index contributed by atoms with van der Waals surface area (Å²) in [4.78, 5) is 0. The van der Waals surface area contributed by atoms with Gasteiger partial charge >= 0.3 is 0 Å². The van der Waals surface area contributed by atoms with Gasteiger partial charge in [-0.1, -0.05) is 13.8 Å².